The summed E-state index contributed by atoms with van der Waals surface area (Å²) >= 11 is 1.80. The van der Waals surface area contributed by atoms with Gasteiger partial charge in [-0.1, -0.05) is 13.8 Å². The van der Waals surface area contributed by atoms with Crippen molar-refractivity contribution in [3.05, 3.63) is 0 Å². The second kappa shape index (κ2) is 5.32. The topological polar surface area (TPSA) is 66.6 Å². The smallest absolute Gasteiger partial charge is 0.239 e. The third-order valence-electron chi connectivity index (χ3n) is 4.08. The van der Waals surface area contributed by atoms with E-state index in [1.807, 2.05) is 23.6 Å². The molecule has 2 atom stereocenters. The Morgan fingerprint density at radius 2 is 2.00 bits per heavy atom. The Hall–Kier alpha value is -0.750. The van der Waals surface area contributed by atoms with Crippen LogP contribution in [0.2, 0.25) is 0 Å². The zero-order valence-electron chi connectivity index (χ0n) is 11.9. The Kier molecular flexibility index (Phi) is 4.11. The normalized spacial score (nSPS) is 28.5. The van der Waals surface area contributed by atoms with Crippen LogP contribution in [-0.2, 0) is 9.59 Å². The van der Waals surface area contributed by atoms with Gasteiger partial charge < -0.3 is 15.5 Å². The zero-order chi connectivity index (χ0) is 14.2. The van der Waals surface area contributed by atoms with Gasteiger partial charge >= 0.3 is 0 Å². The van der Waals surface area contributed by atoms with E-state index in [-0.39, 0.29) is 22.6 Å². The number of hydrogen-bond donors (Lipinski definition) is 1. The fourth-order valence-corrected chi connectivity index (χ4v) is 4.35. The first kappa shape index (κ1) is 14.7. The van der Waals surface area contributed by atoms with Gasteiger partial charge in [0.2, 0.25) is 11.8 Å². The number of carbonyl (C=O) groups is 2. The van der Waals surface area contributed by atoms with Gasteiger partial charge in [0, 0.05) is 25.8 Å². The molecule has 0 bridgehead atoms. The van der Waals surface area contributed by atoms with E-state index in [9.17, 15) is 9.59 Å². The number of amides is 2. The number of rotatable bonds is 2. The molecule has 0 radical (unpaired) electrons. The molecule has 2 heterocycles. The molecule has 0 aliphatic carbocycles. The van der Waals surface area contributed by atoms with Crippen LogP contribution >= 0.6 is 11.8 Å². The lowest BCUT2D eigenvalue weighted by molar-refractivity contribution is -0.135. The maximum Gasteiger partial charge on any atom is 0.239 e. The predicted octanol–water partition coefficient (Wildman–Crippen LogP) is 0.494. The summed E-state index contributed by atoms with van der Waals surface area (Å²) in [6.45, 7) is 7.64. The molecule has 0 saturated carbocycles. The van der Waals surface area contributed by atoms with Crippen molar-refractivity contribution < 1.29 is 9.59 Å². The van der Waals surface area contributed by atoms with Crippen LogP contribution in [0.3, 0.4) is 0 Å². The van der Waals surface area contributed by atoms with Crippen molar-refractivity contribution in [3.8, 4) is 0 Å². The van der Waals surface area contributed by atoms with Gasteiger partial charge in [0.25, 0.3) is 0 Å². The maximum atomic E-state index is 12.3. The molecule has 0 aromatic heterocycles. The molecule has 2 aliphatic heterocycles. The van der Waals surface area contributed by atoms with Crippen LogP contribution < -0.4 is 5.73 Å². The lowest BCUT2D eigenvalue weighted by Gasteiger charge is -2.33. The summed E-state index contributed by atoms with van der Waals surface area (Å²) in [7, 11) is 0. The number of nitrogens with two attached hydrogens (primary N) is 1. The van der Waals surface area contributed by atoms with Crippen LogP contribution in [0.15, 0.2) is 0 Å². The number of hydrogen-bond acceptors (Lipinski definition) is 4. The largest absolute Gasteiger partial charge is 0.338 e. The second-order valence-electron chi connectivity index (χ2n) is 5.74. The summed E-state index contributed by atoms with van der Waals surface area (Å²) in [6.07, 6.45) is 0.855. The fraction of sp³-hybridized carbons (Fsp3) is 0.846. The highest BCUT2D eigenvalue weighted by Crippen LogP contribution is 2.43. The molecule has 2 saturated heterocycles. The van der Waals surface area contributed by atoms with Crippen LogP contribution in [0.5, 0.6) is 0 Å². The van der Waals surface area contributed by atoms with Gasteiger partial charge in [0.05, 0.1) is 12.6 Å². The average Bonchev–Trinajstić information content (AvgIpc) is 2.95. The van der Waals surface area contributed by atoms with Gasteiger partial charge in [-0.15, -0.1) is 11.8 Å². The first-order valence-electron chi connectivity index (χ1n) is 6.84. The lowest BCUT2D eigenvalue weighted by Crippen LogP contribution is -2.50. The summed E-state index contributed by atoms with van der Waals surface area (Å²) in [5, 5.41) is 0. The van der Waals surface area contributed by atoms with E-state index in [2.05, 4.69) is 0 Å². The minimum Gasteiger partial charge on any atom is -0.338 e. The van der Waals surface area contributed by atoms with E-state index in [1.54, 1.807) is 18.7 Å². The van der Waals surface area contributed by atoms with E-state index >= 15 is 0 Å². The summed E-state index contributed by atoms with van der Waals surface area (Å²) in [4.78, 5) is 27.6. The molecule has 108 valence electrons. The molecule has 2 fully saturated rings. The second-order valence-corrected chi connectivity index (χ2v) is 7.20. The third-order valence-corrected chi connectivity index (χ3v) is 5.56. The highest BCUT2D eigenvalue weighted by atomic mass is 32.2. The van der Waals surface area contributed by atoms with E-state index in [1.165, 1.54) is 0 Å². The molecule has 1 spiro atoms. The molecule has 2 amide bonds. The zero-order valence-corrected chi connectivity index (χ0v) is 12.7. The number of nitrogens with zero attached hydrogens (tertiary/aromatic N) is 2. The number of likely N-dealkylation sites (tertiary alicyclic amines) is 1. The molecule has 1 unspecified atom stereocenters. The molecular weight excluding hydrogens is 262 g/mol. The van der Waals surface area contributed by atoms with Gasteiger partial charge in [-0.2, -0.15) is 0 Å². The molecule has 2 aliphatic rings. The van der Waals surface area contributed by atoms with Crippen molar-refractivity contribution in [2.75, 3.05) is 25.4 Å². The van der Waals surface area contributed by atoms with E-state index in [4.69, 9.17) is 5.73 Å². The van der Waals surface area contributed by atoms with Gasteiger partial charge in [0.15, 0.2) is 0 Å². The minimum atomic E-state index is -0.438. The van der Waals surface area contributed by atoms with Gasteiger partial charge in [-0.25, -0.2) is 0 Å². The summed E-state index contributed by atoms with van der Waals surface area (Å²) in [5.41, 5.74) is 5.94. The average molecular weight is 285 g/mol. The van der Waals surface area contributed by atoms with Crippen molar-refractivity contribution in [2.45, 2.75) is 38.1 Å². The highest BCUT2D eigenvalue weighted by molar-refractivity contribution is 8.00. The molecule has 5 nitrogen and oxygen atoms in total. The van der Waals surface area contributed by atoms with Crippen molar-refractivity contribution in [3.63, 3.8) is 0 Å². The highest BCUT2D eigenvalue weighted by Gasteiger charge is 2.49. The molecule has 6 heteroatoms. The number of carbonyl (C=O) groups excluding carboxylic acids is 2. The van der Waals surface area contributed by atoms with Crippen molar-refractivity contribution in [1.82, 2.24) is 9.80 Å². The Bertz CT molecular complexity index is 388. The van der Waals surface area contributed by atoms with Gasteiger partial charge in [0.1, 0.15) is 4.87 Å². The van der Waals surface area contributed by atoms with Crippen LogP contribution in [0, 0.1) is 5.92 Å². The predicted molar refractivity (Wildman–Crippen MR) is 76.6 cm³/mol. The molecule has 2 N–H and O–H groups in total. The molecular formula is C13H23N3O2S. The maximum absolute atomic E-state index is 12.3. The molecule has 0 aromatic rings. The Morgan fingerprint density at radius 3 is 2.58 bits per heavy atom. The van der Waals surface area contributed by atoms with Gasteiger partial charge in [-0.05, 0) is 12.3 Å². The Balaban J connectivity index is 2.07. The molecule has 0 aromatic carbocycles. The fourth-order valence-electron chi connectivity index (χ4n) is 2.84. The van der Waals surface area contributed by atoms with Crippen LogP contribution in [-0.4, -0.2) is 57.9 Å². The minimum absolute atomic E-state index is 0.0166. The van der Waals surface area contributed by atoms with Crippen molar-refractivity contribution >= 4 is 23.6 Å². The summed E-state index contributed by atoms with van der Waals surface area (Å²) < 4.78 is 0. The first-order chi connectivity index (χ1) is 8.87. The molecule has 19 heavy (non-hydrogen) atoms. The van der Waals surface area contributed by atoms with E-state index < -0.39 is 6.04 Å². The Morgan fingerprint density at radius 1 is 1.32 bits per heavy atom. The van der Waals surface area contributed by atoms with Crippen LogP contribution in [0.25, 0.3) is 0 Å². The quantitative estimate of drug-likeness (QED) is 0.802. The van der Waals surface area contributed by atoms with Crippen LogP contribution in [0.4, 0.5) is 0 Å². The lowest BCUT2D eigenvalue weighted by atomic mass is 10.0. The summed E-state index contributed by atoms with van der Waals surface area (Å²) in [5.74, 6) is 1.22. The van der Waals surface area contributed by atoms with E-state index in [0.717, 1.165) is 18.7 Å². The Labute approximate surface area is 118 Å². The first-order valence-corrected chi connectivity index (χ1v) is 7.82. The molecule has 2 rings (SSSR count). The third kappa shape index (κ3) is 2.60. The van der Waals surface area contributed by atoms with Gasteiger partial charge in [-0.3, -0.25) is 9.59 Å². The number of thioether (sulfide) groups is 1. The summed E-state index contributed by atoms with van der Waals surface area (Å²) in [6, 6.07) is -0.438. The van der Waals surface area contributed by atoms with Crippen LogP contribution in [0.1, 0.15) is 27.2 Å². The van der Waals surface area contributed by atoms with Crippen molar-refractivity contribution in [2.24, 2.45) is 11.7 Å². The van der Waals surface area contributed by atoms with Crippen molar-refractivity contribution in [1.29, 1.82) is 0 Å². The van der Waals surface area contributed by atoms with E-state index in [0.29, 0.717) is 13.1 Å². The SMILES string of the molecule is CC(=O)N1CCSC12CCN(C(=O)[C@@H](N)C(C)C)C2. The monoisotopic (exact) mass is 285 g/mol. The standard InChI is InChI=1S/C13H23N3O2S/c1-9(2)11(14)12(18)15-5-4-13(8-15)16(10(3)17)6-7-19-13/h9,11H,4-8,14H2,1-3H3/t11-,13?/m0/s1.